The Bertz CT molecular complexity index is 228. The van der Waals surface area contributed by atoms with Gasteiger partial charge in [-0.15, -0.1) is 0 Å². The first kappa shape index (κ1) is 14.7. The Balaban J connectivity index is 2.35. The van der Waals surface area contributed by atoms with Crippen LogP contribution in [0.25, 0.3) is 0 Å². The molecule has 0 heterocycles. The van der Waals surface area contributed by atoms with Crippen molar-refractivity contribution in [2.75, 3.05) is 7.11 Å². The molecular formula is C14H26O3. The second kappa shape index (κ2) is 7.85. The van der Waals surface area contributed by atoms with Crippen molar-refractivity contribution in [3.05, 3.63) is 12.2 Å². The molecule has 0 aromatic heterocycles. The highest BCUT2D eigenvalue weighted by Crippen LogP contribution is 2.29. The van der Waals surface area contributed by atoms with Crippen LogP contribution in [0.3, 0.4) is 0 Å². The van der Waals surface area contributed by atoms with Gasteiger partial charge < -0.3 is 14.9 Å². The van der Waals surface area contributed by atoms with Crippen LogP contribution in [0.15, 0.2) is 12.2 Å². The molecule has 0 aromatic carbocycles. The van der Waals surface area contributed by atoms with E-state index in [9.17, 15) is 10.2 Å². The molecule has 0 aromatic rings. The molecule has 3 nitrogen and oxygen atoms in total. The van der Waals surface area contributed by atoms with Crippen molar-refractivity contribution >= 4 is 0 Å². The normalized spacial score (nSPS) is 31.2. The van der Waals surface area contributed by atoms with Crippen molar-refractivity contribution in [1.29, 1.82) is 0 Å². The molecule has 4 unspecified atom stereocenters. The summed E-state index contributed by atoms with van der Waals surface area (Å²) in [6.07, 6.45) is 9.05. The molecule has 1 rings (SSSR count). The van der Waals surface area contributed by atoms with E-state index in [1.165, 1.54) is 6.42 Å². The second-order valence-electron chi connectivity index (χ2n) is 4.94. The van der Waals surface area contributed by atoms with Gasteiger partial charge in [0.05, 0.1) is 18.3 Å². The lowest BCUT2D eigenvalue weighted by Crippen LogP contribution is -2.22. The number of aliphatic hydroxyl groups is 2. The third-order valence-electron chi connectivity index (χ3n) is 3.58. The minimum atomic E-state index is -0.383. The number of rotatable bonds is 7. The highest BCUT2D eigenvalue weighted by Gasteiger charge is 2.33. The van der Waals surface area contributed by atoms with Crippen molar-refractivity contribution in [3.63, 3.8) is 0 Å². The van der Waals surface area contributed by atoms with Gasteiger partial charge in [0.25, 0.3) is 0 Å². The van der Waals surface area contributed by atoms with Gasteiger partial charge in [-0.2, -0.15) is 0 Å². The van der Waals surface area contributed by atoms with Gasteiger partial charge in [0.15, 0.2) is 0 Å². The molecule has 2 N–H and O–H groups in total. The molecule has 0 amide bonds. The fourth-order valence-corrected chi connectivity index (χ4v) is 2.45. The number of hydrogen-bond donors (Lipinski definition) is 2. The van der Waals surface area contributed by atoms with Gasteiger partial charge in [0.1, 0.15) is 0 Å². The average Bonchev–Trinajstić information content (AvgIpc) is 2.67. The monoisotopic (exact) mass is 242 g/mol. The summed E-state index contributed by atoms with van der Waals surface area (Å²) in [6.45, 7) is 2.15. The topological polar surface area (TPSA) is 49.7 Å². The highest BCUT2D eigenvalue weighted by molar-refractivity contribution is 5.02. The lowest BCUT2D eigenvalue weighted by atomic mass is 10.0. The molecule has 1 fully saturated rings. The van der Waals surface area contributed by atoms with Gasteiger partial charge in [-0.05, 0) is 19.3 Å². The van der Waals surface area contributed by atoms with Crippen LogP contribution in [0.1, 0.15) is 45.4 Å². The number of aliphatic hydroxyl groups excluding tert-OH is 2. The number of methoxy groups -OCH3 is 1. The Kier molecular flexibility index (Phi) is 6.78. The van der Waals surface area contributed by atoms with E-state index >= 15 is 0 Å². The van der Waals surface area contributed by atoms with Crippen LogP contribution in [0, 0.1) is 5.92 Å². The predicted molar refractivity (Wildman–Crippen MR) is 68.8 cm³/mol. The van der Waals surface area contributed by atoms with Crippen molar-refractivity contribution in [3.8, 4) is 0 Å². The Morgan fingerprint density at radius 1 is 1.35 bits per heavy atom. The van der Waals surface area contributed by atoms with E-state index in [1.807, 2.05) is 12.2 Å². The zero-order valence-corrected chi connectivity index (χ0v) is 11.0. The summed E-state index contributed by atoms with van der Waals surface area (Å²) >= 11 is 0. The van der Waals surface area contributed by atoms with Gasteiger partial charge >= 0.3 is 0 Å². The molecule has 4 atom stereocenters. The standard InChI is InChI=1S/C14H26O3/c1-3-4-5-6-11(15)7-8-12-13(16)9-10-14(12)17-2/h7-8,11-16H,3-6,9-10H2,1-2H3. The maximum atomic E-state index is 9.80. The first-order valence-electron chi connectivity index (χ1n) is 6.76. The third kappa shape index (κ3) is 4.78. The first-order chi connectivity index (χ1) is 8.19. The molecular weight excluding hydrogens is 216 g/mol. The van der Waals surface area contributed by atoms with E-state index in [0.717, 1.165) is 32.1 Å². The van der Waals surface area contributed by atoms with Crippen LogP contribution >= 0.6 is 0 Å². The number of ether oxygens (including phenoxy) is 1. The van der Waals surface area contributed by atoms with Crippen LogP contribution in [0.5, 0.6) is 0 Å². The lowest BCUT2D eigenvalue weighted by molar-refractivity contribution is 0.0537. The smallest absolute Gasteiger partial charge is 0.0721 e. The molecule has 100 valence electrons. The van der Waals surface area contributed by atoms with E-state index < -0.39 is 0 Å². The zero-order valence-electron chi connectivity index (χ0n) is 11.0. The SMILES string of the molecule is CCCCCC(O)C=CC1C(O)CCC1OC. The third-order valence-corrected chi connectivity index (χ3v) is 3.58. The Morgan fingerprint density at radius 2 is 2.12 bits per heavy atom. The summed E-state index contributed by atoms with van der Waals surface area (Å²) in [6, 6.07) is 0. The van der Waals surface area contributed by atoms with Crippen molar-refractivity contribution in [2.45, 2.75) is 63.8 Å². The van der Waals surface area contributed by atoms with Crippen molar-refractivity contribution < 1.29 is 14.9 Å². The molecule has 0 radical (unpaired) electrons. The average molecular weight is 242 g/mol. The summed E-state index contributed by atoms with van der Waals surface area (Å²) < 4.78 is 5.33. The van der Waals surface area contributed by atoms with Gasteiger partial charge in [-0.1, -0.05) is 38.3 Å². The van der Waals surface area contributed by atoms with Crippen LogP contribution in [0.2, 0.25) is 0 Å². The number of unbranched alkanes of at least 4 members (excludes halogenated alkanes) is 2. The fraction of sp³-hybridized carbons (Fsp3) is 0.857. The van der Waals surface area contributed by atoms with Crippen molar-refractivity contribution in [2.24, 2.45) is 5.92 Å². The van der Waals surface area contributed by atoms with Crippen LogP contribution in [-0.4, -0.2) is 35.6 Å². The molecule has 0 saturated heterocycles. The largest absolute Gasteiger partial charge is 0.392 e. The maximum Gasteiger partial charge on any atom is 0.0721 e. The molecule has 1 aliphatic carbocycles. The Hall–Kier alpha value is -0.380. The Morgan fingerprint density at radius 3 is 2.76 bits per heavy atom. The summed E-state index contributed by atoms with van der Waals surface area (Å²) in [5.74, 6) is 0.0424. The molecule has 17 heavy (non-hydrogen) atoms. The quantitative estimate of drug-likeness (QED) is 0.532. The maximum absolute atomic E-state index is 9.80. The number of hydrogen-bond acceptors (Lipinski definition) is 3. The summed E-state index contributed by atoms with van der Waals surface area (Å²) in [7, 11) is 1.68. The Labute approximate surface area is 104 Å². The summed E-state index contributed by atoms with van der Waals surface area (Å²) in [5.41, 5.74) is 0. The van der Waals surface area contributed by atoms with Crippen molar-refractivity contribution in [1.82, 2.24) is 0 Å². The minimum absolute atomic E-state index is 0.0424. The fourth-order valence-electron chi connectivity index (χ4n) is 2.45. The summed E-state index contributed by atoms with van der Waals surface area (Å²) in [5, 5.41) is 19.6. The lowest BCUT2D eigenvalue weighted by Gasteiger charge is -2.17. The highest BCUT2D eigenvalue weighted by atomic mass is 16.5. The van der Waals surface area contributed by atoms with Gasteiger partial charge in [0, 0.05) is 13.0 Å². The van der Waals surface area contributed by atoms with Crippen LogP contribution in [-0.2, 0) is 4.74 Å². The molecule has 1 aliphatic rings. The molecule has 3 heteroatoms. The second-order valence-corrected chi connectivity index (χ2v) is 4.94. The van der Waals surface area contributed by atoms with E-state index in [4.69, 9.17) is 4.74 Å². The zero-order chi connectivity index (χ0) is 12.7. The first-order valence-corrected chi connectivity index (χ1v) is 6.76. The molecule has 0 spiro atoms. The molecule has 1 saturated carbocycles. The van der Waals surface area contributed by atoms with E-state index in [1.54, 1.807) is 7.11 Å². The van der Waals surface area contributed by atoms with E-state index in [-0.39, 0.29) is 24.2 Å². The van der Waals surface area contributed by atoms with E-state index in [0.29, 0.717) is 0 Å². The van der Waals surface area contributed by atoms with Gasteiger partial charge in [-0.25, -0.2) is 0 Å². The summed E-state index contributed by atoms with van der Waals surface area (Å²) in [4.78, 5) is 0. The van der Waals surface area contributed by atoms with Gasteiger partial charge in [-0.3, -0.25) is 0 Å². The predicted octanol–water partition coefficient (Wildman–Crippen LogP) is 2.27. The molecule has 0 bridgehead atoms. The van der Waals surface area contributed by atoms with Crippen LogP contribution in [0.4, 0.5) is 0 Å². The van der Waals surface area contributed by atoms with Gasteiger partial charge in [0.2, 0.25) is 0 Å². The minimum Gasteiger partial charge on any atom is -0.392 e. The van der Waals surface area contributed by atoms with Crippen LogP contribution < -0.4 is 0 Å². The molecule has 0 aliphatic heterocycles. The van der Waals surface area contributed by atoms with E-state index in [2.05, 4.69) is 6.92 Å².